The fourth-order valence-electron chi connectivity index (χ4n) is 3.65. The van der Waals surface area contributed by atoms with Crippen molar-refractivity contribution < 1.29 is 13.2 Å². The molecule has 28 heavy (non-hydrogen) atoms. The Morgan fingerprint density at radius 1 is 0.964 bits per heavy atom. The third-order valence-electron chi connectivity index (χ3n) is 5.15. The van der Waals surface area contributed by atoms with Gasteiger partial charge in [-0.25, -0.2) is 8.42 Å². The molecule has 0 radical (unpaired) electrons. The fraction of sp³-hybridized carbons (Fsp3) is 0.238. The lowest BCUT2D eigenvalue weighted by Gasteiger charge is -2.23. The van der Waals surface area contributed by atoms with Gasteiger partial charge >= 0.3 is 0 Å². The van der Waals surface area contributed by atoms with Crippen molar-refractivity contribution in [3.63, 3.8) is 0 Å². The van der Waals surface area contributed by atoms with Crippen molar-refractivity contribution in [1.82, 2.24) is 9.21 Å². The molecule has 0 aromatic heterocycles. The predicted molar refractivity (Wildman–Crippen MR) is 104 cm³/mol. The summed E-state index contributed by atoms with van der Waals surface area (Å²) in [7, 11) is -3.66. The van der Waals surface area contributed by atoms with E-state index in [0.717, 1.165) is 16.7 Å². The average molecular weight is 393 g/mol. The van der Waals surface area contributed by atoms with Crippen LogP contribution in [0.2, 0.25) is 0 Å². The molecule has 0 N–H and O–H groups in total. The Kier molecular flexibility index (Phi) is 4.75. The van der Waals surface area contributed by atoms with Crippen LogP contribution in [0.3, 0.4) is 0 Å². The van der Waals surface area contributed by atoms with Gasteiger partial charge in [-0.3, -0.25) is 4.79 Å². The first-order chi connectivity index (χ1) is 13.5. The number of carbonyl (C=O) groups excluding carboxylic acids is 1. The van der Waals surface area contributed by atoms with Crippen molar-refractivity contribution in [3.8, 4) is 6.07 Å². The van der Waals surface area contributed by atoms with Gasteiger partial charge in [-0.2, -0.15) is 9.57 Å². The molecule has 0 bridgehead atoms. The molecule has 0 spiro atoms. The summed E-state index contributed by atoms with van der Waals surface area (Å²) in [6.07, 6.45) is 0.352. The molecule has 2 aromatic rings. The lowest BCUT2D eigenvalue weighted by molar-refractivity contribution is -0.129. The molecule has 7 heteroatoms. The van der Waals surface area contributed by atoms with Crippen molar-refractivity contribution in [2.45, 2.75) is 11.3 Å². The number of benzene rings is 2. The molecule has 0 atom stereocenters. The number of amides is 1. The van der Waals surface area contributed by atoms with Crippen molar-refractivity contribution in [1.29, 1.82) is 5.26 Å². The Balaban J connectivity index is 1.41. The molecule has 142 valence electrons. The number of hydrogen-bond acceptors (Lipinski definition) is 4. The smallest absolute Gasteiger partial charge is 0.243 e. The highest BCUT2D eigenvalue weighted by Crippen LogP contribution is 2.30. The van der Waals surface area contributed by atoms with E-state index in [0.29, 0.717) is 38.2 Å². The topological polar surface area (TPSA) is 81.5 Å². The number of carbonyl (C=O) groups is 1. The molecule has 2 aliphatic rings. The Morgan fingerprint density at radius 3 is 2.29 bits per heavy atom. The summed E-state index contributed by atoms with van der Waals surface area (Å²) in [4.78, 5) is 14.5. The van der Waals surface area contributed by atoms with Crippen LogP contribution in [0.4, 0.5) is 0 Å². The van der Waals surface area contributed by atoms with E-state index in [9.17, 15) is 13.2 Å². The average Bonchev–Trinajstić information content (AvgIpc) is 3.29. The highest BCUT2D eigenvalue weighted by Gasteiger charge is 2.37. The van der Waals surface area contributed by atoms with Crippen LogP contribution in [0.1, 0.15) is 11.1 Å². The van der Waals surface area contributed by atoms with E-state index in [1.165, 1.54) is 16.4 Å². The summed E-state index contributed by atoms with van der Waals surface area (Å²) >= 11 is 0. The minimum absolute atomic E-state index is 0.0525. The van der Waals surface area contributed by atoms with Crippen LogP contribution in [-0.2, 0) is 21.2 Å². The van der Waals surface area contributed by atoms with Crippen LogP contribution in [0.25, 0.3) is 0 Å². The van der Waals surface area contributed by atoms with Gasteiger partial charge in [0, 0.05) is 26.2 Å². The maximum absolute atomic E-state index is 12.9. The second kappa shape index (κ2) is 7.23. The van der Waals surface area contributed by atoms with Crippen LogP contribution in [0.5, 0.6) is 0 Å². The van der Waals surface area contributed by atoms with Crippen molar-refractivity contribution in [3.05, 3.63) is 76.9 Å². The van der Waals surface area contributed by atoms with Gasteiger partial charge in [0.25, 0.3) is 0 Å². The summed E-state index contributed by atoms with van der Waals surface area (Å²) in [5, 5.41) is 9.01. The van der Waals surface area contributed by atoms with E-state index in [2.05, 4.69) is 0 Å². The Hall–Kier alpha value is -2.95. The largest absolute Gasteiger partial charge is 0.334 e. The predicted octanol–water partition coefficient (Wildman–Crippen LogP) is 1.94. The molecule has 1 amide bonds. The van der Waals surface area contributed by atoms with Gasteiger partial charge in [-0.1, -0.05) is 36.4 Å². The van der Waals surface area contributed by atoms with Gasteiger partial charge in [0.2, 0.25) is 15.9 Å². The minimum atomic E-state index is -3.66. The Morgan fingerprint density at radius 2 is 1.64 bits per heavy atom. The number of hydrogen-bond donors (Lipinski definition) is 0. The van der Waals surface area contributed by atoms with Gasteiger partial charge in [0.15, 0.2) is 0 Å². The maximum Gasteiger partial charge on any atom is 0.243 e. The molecule has 6 nitrogen and oxygen atoms in total. The number of nitrogens with zero attached hydrogens (tertiary/aromatic N) is 3. The van der Waals surface area contributed by atoms with Crippen LogP contribution in [-0.4, -0.2) is 49.7 Å². The second-order valence-corrected chi connectivity index (χ2v) is 8.97. The number of rotatable bonds is 4. The van der Waals surface area contributed by atoms with Gasteiger partial charge in [-0.05, 0) is 34.9 Å². The molecular weight excluding hydrogens is 374 g/mol. The summed E-state index contributed by atoms with van der Waals surface area (Å²) in [5.74, 6) is 0.0525. The fourth-order valence-corrected chi connectivity index (χ4v) is 5.13. The standard InChI is InChI=1S/C21H19N3O3S/c22-11-17-7-4-8-20(9-17)28(26,27)24-14-18-12-23(13-19(18)15-24)21(25)10-16-5-2-1-3-6-16/h1-9H,10,12-15H2. The minimum Gasteiger partial charge on any atom is -0.334 e. The molecular formula is C21H19N3O3S. The van der Waals surface area contributed by atoms with E-state index in [-0.39, 0.29) is 10.8 Å². The SMILES string of the molecule is N#Cc1cccc(S(=O)(=O)N2CC3=C(CN(C(=O)Cc4ccccc4)C3)C2)c1. The highest BCUT2D eigenvalue weighted by molar-refractivity contribution is 7.89. The summed E-state index contributed by atoms with van der Waals surface area (Å²) < 4.78 is 27.2. The molecule has 0 saturated heterocycles. The lowest BCUT2D eigenvalue weighted by Crippen LogP contribution is -2.37. The molecule has 0 aliphatic carbocycles. The van der Waals surface area contributed by atoms with Crippen molar-refractivity contribution in [2.24, 2.45) is 0 Å². The third-order valence-corrected chi connectivity index (χ3v) is 6.94. The highest BCUT2D eigenvalue weighted by atomic mass is 32.2. The summed E-state index contributed by atoms with van der Waals surface area (Å²) in [6.45, 7) is 1.55. The third kappa shape index (κ3) is 3.44. The summed E-state index contributed by atoms with van der Waals surface area (Å²) in [5.41, 5.74) is 3.29. The quantitative estimate of drug-likeness (QED) is 0.744. The van der Waals surface area contributed by atoms with Crippen LogP contribution in [0.15, 0.2) is 70.6 Å². The lowest BCUT2D eigenvalue weighted by atomic mass is 10.1. The first kappa shape index (κ1) is 18.4. The van der Waals surface area contributed by atoms with E-state index in [1.807, 2.05) is 36.4 Å². The zero-order valence-electron chi connectivity index (χ0n) is 15.2. The number of nitriles is 1. The normalized spacial score (nSPS) is 16.9. The molecule has 0 fully saturated rings. The molecule has 0 unspecified atom stereocenters. The van der Waals surface area contributed by atoms with E-state index >= 15 is 0 Å². The molecule has 0 saturated carbocycles. The Labute approximate surface area is 164 Å². The number of sulfonamides is 1. The van der Waals surface area contributed by atoms with E-state index in [1.54, 1.807) is 17.0 Å². The van der Waals surface area contributed by atoms with Crippen LogP contribution < -0.4 is 0 Å². The van der Waals surface area contributed by atoms with Crippen LogP contribution in [0, 0.1) is 11.3 Å². The zero-order valence-corrected chi connectivity index (χ0v) is 16.0. The van der Waals surface area contributed by atoms with E-state index in [4.69, 9.17) is 5.26 Å². The van der Waals surface area contributed by atoms with Crippen LogP contribution >= 0.6 is 0 Å². The maximum atomic E-state index is 12.9. The first-order valence-electron chi connectivity index (χ1n) is 8.99. The van der Waals surface area contributed by atoms with Crippen molar-refractivity contribution >= 4 is 15.9 Å². The Bertz CT molecular complexity index is 1080. The van der Waals surface area contributed by atoms with Gasteiger partial charge in [-0.15, -0.1) is 0 Å². The molecule has 2 aromatic carbocycles. The zero-order chi connectivity index (χ0) is 19.7. The van der Waals surface area contributed by atoms with Gasteiger partial charge in [0.05, 0.1) is 22.9 Å². The van der Waals surface area contributed by atoms with E-state index < -0.39 is 10.0 Å². The monoisotopic (exact) mass is 393 g/mol. The van der Waals surface area contributed by atoms with Gasteiger partial charge in [0.1, 0.15) is 0 Å². The second-order valence-electron chi connectivity index (χ2n) is 7.03. The molecule has 2 heterocycles. The van der Waals surface area contributed by atoms with Crippen molar-refractivity contribution in [2.75, 3.05) is 26.2 Å². The summed E-state index contributed by atoms with van der Waals surface area (Å²) in [6, 6.07) is 17.6. The molecule has 2 aliphatic heterocycles. The molecule has 4 rings (SSSR count). The first-order valence-corrected chi connectivity index (χ1v) is 10.4. The van der Waals surface area contributed by atoms with Gasteiger partial charge < -0.3 is 4.90 Å².